The predicted octanol–water partition coefficient (Wildman–Crippen LogP) is 2.87. The molecule has 1 saturated heterocycles. The number of rotatable bonds is 7. The zero-order chi connectivity index (χ0) is 23.4. The number of sulfonamides is 1. The molecule has 2 aromatic rings. The summed E-state index contributed by atoms with van der Waals surface area (Å²) in [5.41, 5.74) is -0.662. The number of alkyl halides is 3. The molecule has 0 aliphatic carbocycles. The second kappa shape index (κ2) is 11.2. The van der Waals surface area contributed by atoms with E-state index in [0.29, 0.717) is 45.0 Å². The number of carbonyl (C=O) groups is 1. The van der Waals surface area contributed by atoms with Crippen LogP contribution in [0.1, 0.15) is 15.9 Å². The summed E-state index contributed by atoms with van der Waals surface area (Å²) in [6.45, 7) is 2.45. The summed E-state index contributed by atoms with van der Waals surface area (Å²) >= 11 is 0. The van der Waals surface area contributed by atoms with Gasteiger partial charge in [0.2, 0.25) is 10.0 Å². The smallest absolute Gasteiger partial charge is 0.416 e. The van der Waals surface area contributed by atoms with Crippen LogP contribution >= 0.6 is 12.4 Å². The van der Waals surface area contributed by atoms with Crippen molar-refractivity contribution >= 4 is 28.3 Å². The van der Waals surface area contributed by atoms with Gasteiger partial charge in [-0.1, -0.05) is 0 Å². The third-order valence-electron chi connectivity index (χ3n) is 5.22. The van der Waals surface area contributed by atoms with Gasteiger partial charge in [-0.2, -0.15) is 17.5 Å². The Balaban J connectivity index is 0.00000385. The van der Waals surface area contributed by atoms with E-state index in [2.05, 4.69) is 5.32 Å². The fraction of sp³-hybridized carbons (Fsp3) is 0.381. The first-order chi connectivity index (χ1) is 15.1. The molecule has 0 saturated carbocycles. The van der Waals surface area contributed by atoms with Crippen LogP contribution in [0.15, 0.2) is 53.4 Å². The van der Waals surface area contributed by atoms with Gasteiger partial charge in [0.15, 0.2) is 0 Å². The second-order valence-corrected chi connectivity index (χ2v) is 9.19. The van der Waals surface area contributed by atoms with E-state index in [1.807, 2.05) is 4.90 Å². The first kappa shape index (κ1) is 26.9. The maximum absolute atomic E-state index is 12.8. The van der Waals surface area contributed by atoms with Crippen molar-refractivity contribution in [1.29, 1.82) is 0 Å². The van der Waals surface area contributed by atoms with Crippen molar-refractivity contribution < 1.29 is 31.1 Å². The molecule has 0 radical (unpaired) electrons. The van der Waals surface area contributed by atoms with Gasteiger partial charge in [-0.25, -0.2) is 8.42 Å². The minimum Gasteiger partial charge on any atom is -0.497 e. The van der Waals surface area contributed by atoms with Crippen LogP contribution in [0.4, 0.5) is 13.2 Å². The molecule has 3 rings (SSSR count). The normalized spacial score (nSPS) is 15.5. The van der Waals surface area contributed by atoms with E-state index >= 15 is 0 Å². The lowest BCUT2D eigenvalue weighted by atomic mass is 10.1. The topological polar surface area (TPSA) is 79.0 Å². The van der Waals surface area contributed by atoms with Gasteiger partial charge >= 0.3 is 6.18 Å². The number of ether oxygens (including phenoxy) is 1. The van der Waals surface area contributed by atoms with Crippen molar-refractivity contribution in [2.24, 2.45) is 0 Å². The first-order valence-electron chi connectivity index (χ1n) is 9.93. The third kappa shape index (κ3) is 6.83. The molecule has 33 heavy (non-hydrogen) atoms. The van der Waals surface area contributed by atoms with Crippen molar-refractivity contribution in [3.63, 3.8) is 0 Å². The summed E-state index contributed by atoms with van der Waals surface area (Å²) in [6, 6.07) is 10.2. The van der Waals surface area contributed by atoms with Crippen LogP contribution < -0.4 is 10.1 Å². The van der Waals surface area contributed by atoms with Crippen LogP contribution in [-0.4, -0.2) is 69.9 Å². The number of benzene rings is 2. The number of methoxy groups -OCH3 is 1. The molecule has 0 unspecified atom stereocenters. The van der Waals surface area contributed by atoms with Gasteiger partial charge in [0, 0.05) is 44.8 Å². The monoisotopic (exact) mass is 507 g/mol. The standard InChI is InChI=1S/C21H24F3N3O4S.ClH/c1-31-18-6-8-19(9-7-18)32(29,30)27-14-12-26(13-15-27)11-10-25-20(28)16-2-4-17(5-3-16)21(22,23)24;/h2-9H,10-15H2,1H3,(H,25,28);1H. The van der Waals surface area contributed by atoms with E-state index in [1.54, 1.807) is 12.1 Å². The van der Waals surface area contributed by atoms with Gasteiger partial charge in [0.25, 0.3) is 5.91 Å². The Hall–Kier alpha value is -2.34. The Bertz CT molecular complexity index is 1020. The number of piperazine rings is 1. The third-order valence-corrected chi connectivity index (χ3v) is 7.13. The van der Waals surface area contributed by atoms with Crippen molar-refractivity contribution in [3.05, 3.63) is 59.7 Å². The molecule has 1 aliphatic heterocycles. The van der Waals surface area contributed by atoms with Crippen molar-refractivity contribution in [1.82, 2.24) is 14.5 Å². The van der Waals surface area contributed by atoms with E-state index < -0.39 is 27.7 Å². The van der Waals surface area contributed by atoms with Crippen molar-refractivity contribution in [3.8, 4) is 5.75 Å². The van der Waals surface area contributed by atoms with Crippen molar-refractivity contribution in [2.45, 2.75) is 11.1 Å². The zero-order valence-electron chi connectivity index (χ0n) is 17.8. The number of carbonyl (C=O) groups excluding carboxylic acids is 1. The molecule has 2 aromatic carbocycles. The molecule has 1 aliphatic rings. The number of nitrogens with zero attached hydrogens (tertiary/aromatic N) is 2. The highest BCUT2D eigenvalue weighted by Gasteiger charge is 2.30. The Morgan fingerprint density at radius 2 is 1.58 bits per heavy atom. The van der Waals surface area contributed by atoms with E-state index in [4.69, 9.17) is 4.74 Å². The number of halogens is 4. The Morgan fingerprint density at radius 1 is 1.00 bits per heavy atom. The summed E-state index contributed by atoms with van der Waals surface area (Å²) < 4.78 is 69.8. The van der Waals surface area contributed by atoms with Gasteiger partial charge < -0.3 is 10.1 Å². The lowest BCUT2D eigenvalue weighted by molar-refractivity contribution is -0.137. The molecular formula is C21H25ClF3N3O4S. The van der Waals surface area contributed by atoms with E-state index in [1.165, 1.54) is 23.5 Å². The molecule has 1 heterocycles. The van der Waals surface area contributed by atoms with Gasteiger partial charge in [-0.05, 0) is 48.5 Å². The van der Waals surface area contributed by atoms with E-state index in [-0.39, 0.29) is 22.9 Å². The molecule has 1 amide bonds. The molecular weight excluding hydrogens is 483 g/mol. The molecule has 0 aromatic heterocycles. The number of hydrogen-bond acceptors (Lipinski definition) is 5. The minimum atomic E-state index is -4.45. The molecule has 7 nitrogen and oxygen atoms in total. The first-order valence-corrected chi connectivity index (χ1v) is 11.4. The fourth-order valence-corrected chi connectivity index (χ4v) is 4.75. The van der Waals surface area contributed by atoms with Gasteiger partial charge in [0.05, 0.1) is 17.6 Å². The molecule has 182 valence electrons. The van der Waals surface area contributed by atoms with Crippen LogP contribution in [0.3, 0.4) is 0 Å². The molecule has 0 bridgehead atoms. The second-order valence-electron chi connectivity index (χ2n) is 7.25. The molecule has 1 N–H and O–H groups in total. The van der Waals surface area contributed by atoms with Gasteiger partial charge in [0.1, 0.15) is 5.75 Å². The summed E-state index contributed by atoms with van der Waals surface area (Å²) in [5.74, 6) is 0.117. The Kier molecular flexibility index (Phi) is 9.12. The van der Waals surface area contributed by atoms with Crippen LogP contribution in [0.5, 0.6) is 5.75 Å². The van der Waals surface area contributed by atoms with E-state index in [9.17, 15) is 26.4 Å². The molecule has 1 fully saturated rings. The largest absolute Gasteiger partial charge is 0.497 e. The summed E-state index contributed by atoms with van der Waals surface area (Å²) in [4.78, 5) is 14.4. The summed E-state index contributed by atoms with van der Waals surface area (Å²) in [7, 11) is -2.08. The number of nitrogens with one attached hydrogen (secondary N) is 1. The molecule has 0 atom stereocenters. The zero-order valence-corrected chi connectivity index (χ0v) is 19.5. The maximum Gasteiger partial charge on any atom is 0.416 e. The highest BCUT2D eigenvalue weighted by Crippen LogP contribution is 2.29. The lowest BCUT2D eigenvalue weighted by Gasteiger charge is -2.34. The quantitative estimate of drug-likeness (QED) is 0.623. The predicted molar refractivity (Wildman–Crippen MR) is 119 cm³/mol. The van der Waals surface area contributed by atoms with Crippen LogP contribution in [-0.2, 0) is 16.2 Å². The Morgan fingerprint density at radius 3 is 2.09 bits per heavy atom. The lowest BCUT2D eigenvalue weighted by Crippen LogP contribution is -2.50. The summed E-state index contributed by atoms with van der Waals surface area (Å²) in [5, 5.41) is 2.68. The van der Waals surface area contributed by atoms with Gasteiger partial charge in [-0.15, -0.1) is 12.4 Å². The van der Waals surface area contributed by atoms with Gasteiger partial charge in [-0.3, -0.25) is 9.69 Å². The average Bonchev–Trinajstić information content (AvgIpc) is 2.79. The fourth-order valence-electron chi connectivity index (χ4n) is 3.33. The summed E-state index contributed by atoms with van der Waals surface area (Å²) in [6.07, 6.45) is -4.45. The average molecular weight is 508 g/mol. The van der Waals surface area contributed by atoms with Crippen LogP contribution in [0.25, 0.3) is 0 Å². The highest BCUT2D eigenvalue weighted by molar-refractivity contribution is 7.89. The molecule has 12 heteroatoms. The maximum atomic E-state index is 12.8. The van der Waals surface area contributed by atoms with Crippen molar-refractivity contribution in [2.75, 3.05) is 46.4 Å². The van der Waals surface area contributed by atoms with Crippen LogP contribution in [0.2, 0.25) is 0 Å². The number of hydrogen-bond donors (Lipinski definition) is 1. The molecule has 0 spiro atoms. The highest BCUT2D eigenvalue weighted by atomic mass is 35.5. The number of amides is 1. The SMILES string of the molecule is COc1ccc(S(=O)(=O)N2CCN(CCNC(=O)c3ccc(C(F)(F)F)cc3)CC2)cc1.Cl. The van der Waals surface area contributed by atoms with Crippen LogP contribution in [0, 0.1) is 0 Å². The minimum absolute atomic E-state index is 0. The Labute approximate surface area is 197 Å². The van der Waals surface area contributed by atoms with E-state index in [0.717, 1.165) is 24.3 Å².